The van der Waals surface area contributed by atoms with Crippen LogP contribution in [0.15, 0.2) is 18.2 Å². The summed E-state index contributed by atoms with van der Waals surface area (Å²) in [6, 6.07) is 6.06. The van der Waals surface area contributed by atoms with Crippen LogP contribution in [-0.2, 0) is 4.79 Å². The molecule has 1 aromatic heterocycles. The van der Waals surface area contributed by atoms with Gasteiger partial charge in [-0.05, 0) is 49.8 Å². The van der Waals surface area contributed by atoms with E-state index in [1.165, 1.54) is 0 Å². The van der Waals surface area contributed by atoms with E-state index in [1.54, 1.807) is 0 Å². The highest BCUT2D eigenvalue weighted by Gasteiger charge is 2.60. The summed E-state index contributed by atoms with van der Waals surface area (Å²) in [5.74, 6) is 1.56. The second-order valence-electron chi connectivity index (χ2n) is 8.24. The second-order valence-corrected chi connectivity index (χ2v) is 8.68. The third kappa shape index (κ3) is 2.40. The molecule has 2 saturated carbocycles. The van der Waals surface area contributed by atoms with E-state index >= 15 is 0 Å². The summed E-state index contributed by atoms with van der Waals surface area (Å²) < 4.78 is 0. The number of nitrogens with one attached hydrogen (secondary N) is 1. The lowest BCUT2D eigenvalue weighted by molar-refractivity contribution is -0.139. The number of fused-ring (bicyclic) bond motifs is 1. The van der Waals surface area contributed by atoms with Gasteiger partial charge in [0.05, 0.1) is 16.6 Å². The normalized spacial score (nSPS) is 34.2. The number of imidazole rings is 1. The highest BCUT2D eigenvalue weighted by Crippen LogP contribution is 2.55. The lowest BCUT2D eigenvalue weighted by atomic mass is 9.83. The maximum absolute atomic E-state index is 13.0. The van der Waals surface area contributed by atoms with Gasteiger partial charge < -0.3 is 15.0 Å². The number of aliphatic hydroxyl groups is 1. The monoisotopic (exact) mass is 359 g/mol. The molecular formula is C19H22ClN3O2. The molecule has 2 aliphatic heterocycles. The van der Waals surface area contributed by atoms with E-state index in [9.17, 15) is 9.90 Å². The van der Waals surface area contributed by atoms with Crippen molar-refractivity contribution in [2.45, 2.75) is 62.6 Å². The molecule has 2 aromatic rings. The van der Waals surface area contributed by atoms with E-state index in [1.807, 2.05) is 25.1 Å². The van der Waals surface area contributed by atoms with Gasteiger partial charge in [-0.1, -0.05) is 18.5 Å². The Morgan fingerprint density at radius 3 is 3.12 bits per heavy atom. The largest absolute Gasteiger partial charge is 0.390 e. The Kier molecular flexibility index (Phi) is 3.26. The number of aromatic nitrogens is 2. The minimum Gasteiger partial charge on any atom is -0.390 e. The number of aromatic amines is 1. The summed E-state index contributed by atoms with van der Waals surface area (Å²) in [5, 5.41) is 11.2. The zero-order chi connectivity index (χ0) is 17.3. The van der Waals surface area contributed by atoms with E-state index in [0.29, 0.717) is 17.4 Å². The number of piperidine rings is 1. The van der Waals surface area contributed by atoms with E-state index in [-0.39, 0.29) is 23.9 Å². The van der Waals surface area contributed by atoms with Gasteiger partial charge in [-0.2, -0.15) is 0 Å². The number of carbonyl (C=O) groups excluding carboxylic acids is 1. The maximum Gasteiger partial charge on any atom is 0.223 e. The summed E-state index contributed by atoms with van der Waals surface area (Å²) in [4.78, 5) is 23.0. The van der Waals surface area contributed by atoms with Crippen LogP contribution in [0.5, 0.6) is 0 Å². The molecular weight excluding hydrogens is 338 g/mol. The molecule has 4 bridgehead atoms. The van der Waals surface area contributed by atoms with Crippen LogP contribution in [0, 0.1) is 5.92 Å². The molecule has 2 aliphatic carbocycles. The molecule has 132 valence electrons. The molecule has 2 N–H and O–H groups in total. The highest BCUT2D eigenvalue weighted by atomic mass is 35.5. The zero-order valence-corrected chi connectivity index (χ0v) is 15.0. The third-order valence-corrected chi connectivity index (χ3v) is 6.65. The van der Waals surface area contributed by atoms with Crippen molar-refractivity contribution < 1.29 is 9.90 Å². The lowest BCUT2D eigenvalue weighted by Gasteiger charge is -2.40. The quantitative estimate of drug-likeness (QED) is 0.884. The molecule has 3 heterocycles. The maximum atomic E-state index is 13.0. The van der Waals surface area contributed by atoms with Crippen molar-refractivity contribution in [2.75, 3.05) is 0 Å². The smallest absolute Gasteiger partial charge is 0.223 e. The number of H-pyrrole nitrogens is 1. The van der Waals surface area contributed by atoms with Crippen LogP contribution in [0.25, 0.3) is 11.0 Å². The zero-order valence-electron chi connectivity index (χ0n) is 14.2. The van der Waals surface area contributed by atoms with Gasteiger partial charge in [-0.3, -0.25) is 4.79 Å². The van der Waals surface area contributed by atoms with Crippen molar-refractivity contribution in [3.8, 4) is 0 Å². The standard InChI is InChI=1S/C19H22ClN3O2/c1-10(18-21-14-3-2-12(20)6-15(14)22-18)4-17(24)23-13-5-11-7-19(25,8-13)9-16(11)23/h2-3,6,10-11,13,16,25H,4-5,7-9H2,1H3,(H,21,22). The Morgan fingerprint density at radius 1 is 1.48 bits per heavy atom. The first-order valence-corrected chi connectivity index (χ1v) is 9.48. The van der Waals surface area contributed by atoms with Crippen molar-refractivity contribution >= 4 is 28.5 Å². The molecule has 4 aliphatic rings. The lowest BCUT2D eigenvalue weighted by Crippen LogP contribution is -2.50. The van der Waals surface area contributed by atoms with E-state index < -0.39 is 5.60 Å². The molecule has 5 nitrogen and oxygen atoms in total. The van der Waals surface area contributed by atoms with Crippen LogP contribution in [-0.4, -0.2) is 43.6 Å². The molecule has 25 heavy (non-hydrogen) atoms. The third-order valence-electron chi connectivity index (χ3n) is 6.41. The summed E-state index contributed by atoms with van der Waals surface area (Å²) in [6.07, 6.45) is 3.90. The molecule has 5 atom stereocenters. The van der Waals surface area contributed by atoms with Crippen molar-refractivity contribution in [3.05, 3.63) is 29.0 Å². The summed E-state index contributed by atoms with van der Waals surface area (Å²) in [7, 11) is 0. The van der Waals surface area contributed by atoms with E-state index in [4.69, 9.17) is 11.6 Å². The van der Waals surface area contributed by atoms with Gasteiger partial charge in [-0.15, -0.1) is 0 Å². The van der Waals surface area contributed by atoms with Gasteiger partial charge in [0.1, 0.15) is 5.82 Å². The number of amides is 1. The number of rotatable bonds is 3. The molecule has 1 amide bonds. The number of halogens is 1. The minimum atomic E-state index is -0.501. The number of carbonyl (C=O) groups is 1. The molecule has 4 fully saturated rings. The van der Waals surface area contributed by atoms with Crippen LogP contribution in [0.4, 0.5) is 0 Å². The highest BCUT2D eigenvalue weighted by molar-refractivity contribution is 6.31. The molecule has 1 aromatic carbocycles. The Labute approximate surface area is 151 Å². The van der Waals surface area contributed by atoms with Gasteiger partial charge in [0.2, 0.25) is 5.91 Å². The van der Waals surface area contributed by atoms with Gasteiger partial charge in [0.25, 0.3) is 0 Å². The first kappa shape index (κ1) is 15.6. The Morgan fingerprint density at radius 2 is 2.32 bits per heavy atom. The van der Waals surface area contributed by atoms with Crippen LogP contribution in [0.3, 0.4) is 0 Å². The molecule has 6 heteroatoms. The van der Waals surface area contributed by atoms with Crippen molar-refractivity contribution in [2.24, 2.45) is 5.92 Å². The van der Waals surface area contributed by atoms with Gasteiger partial charge >= 0.3 is 0 Å². The Bertz CT molecular complexity index is 861. The SMILES string of the molecule is CC(CC(=O)N1C2CC3CC(O)(C2)CC31)c1nc2ccc(Cl)cc2[nH]1. The van der Waals surface area contributed by atoms with Crippen LogP contribution < -0.4 is 0 Å². The summed E-state index contributed by atoms with van der Waals surface area (Å²) in [6.45, 7) is 2.04. The topological polar surface area (TPSA) is 69.2 Å². The molecule has 5 unspecified atom stereocenters. The van der Waals surface area contributed by atoms with Gasteiger partial charge in [-0.25, -0.2) is 4.98 Å². The molecule has 6 rings (SSSR count). The predicted molar refractivity (Wildman–Crippen MR) is 95.5 cm³/mol. The summed E-state index contributed by atoms with van der Waals surface area (Å²) in [5.41, 5.74) is 1.28. The Balaban J connectivity index is 1.34. The van der Waals surface area contributed by atoms with E-state index in [0.717, 1.165) is 42.5 Å². The average molecular weight is 360 g/mol. The van der Waals surface area contributed by atoms with Crippen LogP contribution >= 0.6 is 11.6 Å². The van der Waals surface area contributed by atoms with E-state index in [2.05, 4.69) is 14.9 Å². The number of nitrogens with zero attached hydrogens (tertiary/aromatic N) is 2. The first-order chi connectivity index (χ1) is 11.9. The molecule has 0 radical (unpaired) electrons. The molecule has 2 saturated heterocycles. The van der Waals surface area contributed by atoms with Crippen molar-refractivity contribution in [3.63, 3.8) is 0 Å². The Hall–Kier alpha value is -1.59. The fourth-order valence-corrected chi connectivity index (χ4v) is 5.61. The number of benzene rings is 1. The van der Waals surface area contributed by atoms with Gasteiger partial charge in [0.15, 0.2) is 0 Å². The van der Waals surface area contributed by atoms with Crippen molar-refractivity contribution in [1.29, 1.82) is 0 Å². The average Bonchev–Trinajstić information content (AvgIpc) is 3.13. The van der Waals surface area contributed by atoms with Crippen molar-refractivity contribution in [1.82, 2.24) is 14.9 Å². The first-order valence-electron chi connectivity index (χ1n) is 9.11. The second kappa shape index (κ2) is 5.21. The summed E-state index contributed by atoms with van der Waals surface area (Å²) >= 11 is 6.03. The van der Waals surface area contributed by atoms with Gasteiger partial charge in [0, 0.05) is 29.4 Å². The fraction of sp³-hybridized carbons (Fsp3) is 0.579. The minimum absolute atomic E-state index is 0.0260. The predicted octanol–water partition coefficient (Wildman–Crippen LogP) is 3.22. The fourth-order valence-electron chi connectivity index (χ4n) is 5.44. The number of hydrogen-bond donors (Lipinski definition) is 2. The molecule has 0 spiro atoms. The number of hydrogen-bond acceptors (Lipinski definition) is 3. The van der Waals surface area contributed by atoms with Crippen LogP contribution in [0.2, 0.25) is 5.02 Å². The van der Waals surface area contributed by atoms with Crippen LogP contribution in [0.1, 0.15) is 50.8 Å².